The Labute approximate surface area is 127 Å². The number of carbonyl (C=O) groups is 1. The van der Waals surface area contributed by atoms with E-state index < -0.39 is 5.97 Å². The van der Waals surface area contributed by atoms with Gasteiger partial charge in [0.25, 0.3) is 0 Å². The molecule has 0 aliphatic carbocycles. The minimum atomic E-state index is -1.09. The van der Waals surface area contributed by atoms with Gasteiger partial charge in [-0.15, -0.1) is 5.10 Å². The van der Waals surface area contributed by atoms with Crippen LogP contribution in [0.1, 0.15) is 36.7 Å². The summed E-state index contributed by atoms with van der Waals surface area (Å²) in [5.41, 5.74) is 1.17. The van der Waals surface area contributed by atoms with Crippen LogP contribution in [-0.4, -0.2) is 32.9 Å². The first-order valence-corrected chi connectivity index (χ1v) is 7.27. The zero-order chi connectivity index (χ0) is 15.5. The first-order valence-electron chi connectivity index (χ1n) is 7.27. The van der Waals surface area contributed by atoms with Crippen molar-refractivity contribution in [2.24, 2.45) is 0 Å². The van der Waals surface area contributed by atoms with Gasteiger partial charge in [-0.3, -0.25) is 0 Å². The summed E-state index contributed by atoms with van der Waals surface area (Å²) in [6.07, 6.45) is 3.07. The molecule has 0 atom stereocenters. The molecule has 0 fully saturated rings. The van der Waals surface area contributed by atoms with E-state index in [4.69, 9.17) is 9.47 Å². The number of rotatable bonds is 6. The third-order valence-corrected chi connectivity index (χ3v) is 3.56. The molecule has 0 unspecified atom stereocenters. The Morgan fingerprint density at radius 2 is 2.14 bits per heavy atom. The molecule has 0 radical (unpaired) electrons. The molecule has 0 bridgehead atoms. The van der Waals surface area contributed by atoms with Crippen molar-refractivity contribution in [1.29, 1.82) is 0 Å². The highest BCUT2D eigenvalue weighted by atomic mass is 16.7. The number of benzene rings is 1. The number of nitrogens with zero attached hydrogens (tertiary/aromatic N) is 3. The summed E-state index contributed by atoms with van der Waals surface area (Å²) >= 11 is 0. The quantitative estimate of drug-likeness (QED) is 0.825. The Balaban J connectivity index is 1.99. The van der Waals surface area contributed by atoms with Crippen LogP contribution in [0.3, 0.4) is 0 Å². The van der Waals surface area contributed by atoms with Crippen LogP contribution in [-0.2, 0) is 6.54 Å². The van der Waals surface area contributed by atoms with Gasteiger partial charge >= 0.3 is 5.97 Å². The normalized spacial score (nSPS) is 12.6. The number of aryl methyl sites for hydroxylation is 1. The molecule has 0 spiro atoms. The highest BCUT2D eigenvalue weighted by Crippen LogP contribution is 2.36. The molecule has 0 amide bonds. The third kappa shape index (κ3) is 2.61. The second-order valence-electron chi connectivity index (χ2n) is 5.09. The Hall–Kier alpha value is -2.57. The lowest BCUT2D eigenvalue weighted by Crippen LogP contribution is -2.05. The van der Waals surface area contributed by atoms with Crippen LogP contribution >= 0.6 is 0 Å². The zero-order valence-corrected chi connectivity index (χ0v) is 12.3. The maximum atomic E-state index is 11.4. The lowest BCUT2D eigenvalue weighted by Gasteiger charge is -2.08. The molecule has 1 aromatic heterocycles. The van der Waals surface area contributed by atoms with Crippen LogP contribution in [0.15, 0.2) is 18.2 Å². The van der Waals surface area contributed by atoms with Crippen LogP contribution in [0, 0.1) is 0 Å². The number of unbranched alkanes of at least 4 members (excludes halogenated alkanes) is 2. The number of carboxylic acids is 1. The van der Waals surface area contributed by atoms with Crippen LogP contribution in [0.4, 0.5) is 0 Å². The average Bonchev–Trinajstić information content (AvgIpc) is 3.12. The van der Waals surface area contributed by atoms with Gasteiger partial charge in [0, 0.05) is 12.1 Å². The fourth-order valence-corrected chi connectivity index (χ4v) is 2.45. The second-order valence-corrected chi connectivity index (χ2v) is 5.09. The molecule has 2 heterocycles. The topological polar surface area (TPSA) is 86.5 Å². The van der Waals surface area contributed by atoms with E-state index in [0.29, 0.717) is 29.3 Å². The summed E-state index contributed by atoms with van der Waals surface area (Å²) in [6.45, 7) is 2.93. The fraction of sp³-hybridized carbons (Fsp3) is 0.400. The van der Waals surface area contributed by atoms with E-state index in [1.54, 1.807) is 22.9 Å². The van der Waals surface area contributed by atoms with E-state index in [-0.39, 0.29) is 12.5 Å². The standard InChI is InChI=1S/C15H17N3O4/c1-2-3-4-7-18-14(13(15(19)20)16-17-18)10-5-6-11-12(8-10)22-9-21-11/h5-6,8H,2-4,7,9H2,1H3,(H,19,20). The Bertz CT molecular complexity index is 696. The van der Waals surface area contributed by atoms with Crippen molar-refractivity contribution in [3.8, 4) is 22.8 Å². The van der Waals surface area contributed by atoms with Crippen molar-refractivity contribution in [3.63, 3.8) is 0 Å². The summed E-state index contributed by atoms with van der Waals surface area (Å²) in [5, 5.41) is 17.1. The highest BCUT2D eigenvalue weighted by molar-refractivity contribution is 5.92. The summed E-state index contributed by atoms with van der Waals surface area (Å²) in [4.78, 5) is 11.4. The fourth-order valence-electron chi connectivity index (χ4n) is 2.45. The Morgan fingerprint density at radius 3 is 2.91 bits per heavy atom. The van der Waals surface area contributed by atoms with Gasteiger partial charge in [0.05, 0.1) is 0 Å². The van der Waals surface area contributed by atoms with Crippen molar-refractivity contribution in [2.75, 3.05) is 6.79 Å². The maximum Gasteiger partial charge on any atom is 0.358 e. The molecular weight excluding hydrogens is 286 g/mol. The van der Waals surface area contributed by atoms with Gasteiger partial charge in [0.2, 0.25) is 6.79 Å². The summed E-state index contributed by atoms with van der Waals surface area (Å²) in [6, 6.07) is 5.34. The van der Waals surface area contributed by atoms with Crippen LogP contribution in [0.5, 0.6) is 11.5 Å². The third-order valence-electron chi connectivity index (χ3n) is 3.56. The van der Waals surface area contributed by atoms with E-state index >= 15 is 0 Å². The SMILES string of the molecule is CCCCCn1nnc(C(=O)O)c1-c1ccc2c(c1)OCO2. The van der Waals surface area contributed by atoms with Gasteiger partial charge in [0.1, 0.15) is 5.69 Å². The molecular formula is C15H17N3O4. The summed E-state index contributed by atoms with van der Waals surface area (Å²) in [5.74, 6) is 0.176. The van der Waals surface area contributed by atoms with Crippen LogP contribution in [0.25, 0.3) is 11.3 Å². The first kappa shape index (κ1) is 14.4. The number of fused-ring (bicyclic) bond motifs is 1. The zero-order valence-electron chi connectivity index (χ0n) is 12.3. The van der Waals surface area contributed by atoms with Gasteiger partial charge in [-0.1, -0.05) is 25.0 Å². The smallest absolute Gasteiger partial charge is 0.358 e. The molecule has 1 aliphatic rings. The summed E-state index contributed by atoms with van der Waals surface area (Å²) in [7, 11) is 0. The lowest BCUT2D eigenvalue weighted by molar-refractivity contribution is 0.0691. The number of hydrogen-bond acceptors (Lipinski definition) is 5. The average molecular weight is 303 g/mol. The lowest BCUT2D eigenvalue weighted by atomic mass is 10.1. The molecule has 2 aromatic rings. The summed E-state index contributed by atoms with van der Waals surface area (Å²) < 4.78 is 12.3. The van der Waals surface area contributed by atoms with E-state index in [1.807, 2.05) is 0 Å². The van der Waals surface area contributed by atoms with Crippen LogP contribution < -0.4 is 9.47 Å². The molecule has 3 rings (SSSR count). The molecule has 1 aromatic carbocycles. The maximum absolute atomic E-state index is 11.4. The predicted octanol–water partition coefficient (Wildman–Crippen LogP) is 2.56. The number of carboxylic acid groups (broad SMARTS) is 1. The van der Waals surface area contributed by atoms with Crippen LogP contribution in [0.2, 0.25) is 0 Å². The van der Waals surface area contributed by atoms with E-state index in [1.165, 1.54) is 0 Å². The van der Waals surface area contributed by atoms with E-state index in [0.717, 1.165) is 19.3 Å². The van der Waals surface area contributed by atoms with Gasteiger partial charge in [-0.05, 0) is 24.6 Å². The number of aromatic nitrogens is 3. The molecule has 1 N–H and O–H groups in total. The molecule has 0 saturated carbocycles. The number of aromatic carboxylic acids is 1. The van der Waals surface area contributed by atoms with E-state index in [9.17, 15) is 9.90 Å². The molecule has 1 aliphatic heterocycles. The number of hydrogen-bond donors (Lipinski definition) is 1. The van der Waals surface area contributed by atoms with Gasteiger partial charge in [-0.2, -0.15) is 0 Å². The second kappa shape index (κ2) is 6.05. The van der Waals surface area contributed by atoms with Crippen molar-refractivity contribution in [1.82, 2.24) is 15.0 Å². The van der Waals surface area contributed by atoms with Gasteiger partial charge in [-0.25, -0.2) is 9.48 Å². The Kier molecular flexibility index (Phi) is 3.95. The predicted molar refractivity (Wildman–Crippen MR) is 78.1 cm³/mol. The number of ether oxygens (including phenoxy) is 2. The van der Waals surface area contributed by atoms with Crippen molar-refractivity contribution in [2.45, 2.75) is 32.7 Å². The molecule has 22 heavy (non-hydrogen) atoms. The van der Waals surface area contributed by atoms with Crippen molar-refractivity contribution < 1.29 is 19.4 Å². The largest absolute Gasteiger partial charge is 0.476 e. The minimum Gasteiger partial charge on any atom is -0.476 e. The van der Waals surface area contributed by atoms with Gasteiger partial charge < -0.3 is 14.6 Å². The minimum absolute atomic E-state index is 0.0460. The molecule has 7 nitrogen and oxygen atoms in total. The van der Waals surface area contributed by atoms with E-state index in [2.05, 4.69) is 17.2 Å². The van der Waals surface area contributed by atoms with Gasteiger partial charge in [0.15, 0.2) is 17.2 Å². The monoisotopic (exact) mass is 303 g/mol. The molecule has 0 saturated heterocycles. The van der Waals surface area contributed by atoms with Crippen molar-refractivity contribution in [3.05, 3.63) is 23.9 Å². The highest BCUT2D eigenvalue weighted by Gasteiger charge is 2.23. The first-order chi connectivity index (χ1) is 10.7. The molecule has 116 valence electrons. The van der Waals surface area contributed by atoms with Crippen molar-refractivity contribution >= 4 is 5.97 Å². The molecule has 7 heteroatoms. The Morgan fingerprint density at radius 1 is 1.32 bits per heavy atom.